The number of fused-ring (bicyclic) bond motifs is 3. The Balaban J connectivity index is 1.98. The van der Waals surface area contributed by atoms with E-state index in [1.54, 1.807) is 38.1 Å². The molecular formula is C22H19ClFN3O4. The molecule has 4 aromatic rings. The van der Waals surface area contributed by atoms with Crippen molar-refractivity contribution >= 4 is 39.6 Å². The fourth-order valence-electron chi connectivity index (χ4n) is 3.51. The molecule has 0 atom stereocenters. The third kappa shape index (κ3) is 3.86. The first-order chi connectivity index (χ1) is 14.8. The lowest BCUT2D eigenvalue weighted by molar-refractivity contribution is -0.122. The number of para-hydroxylation sites is 1. The van der Waals surface area contributed by atoms with Crippen LogP contribution in [0.15, 0.2) is 56.5 Å². The Labute approximate surface area is 180 Å². The highest BCUT2D eigenvalue weighted by atomic mass is 35.5. The van der Waals surface area contributed by atoms with Crippen molar-refractivity contribution in [3.63, 3.8) is 0 Å². The molecule has 4 rings (SSSR count). The molecular weight excluding hydrogens is 425 g/mol. The van der Waals surface area contributed by atoms with Gasteiger partial charge in [-0.25, -0.2) is 13.8 Å². The summed E-state index contributed by atoms with van der Waals surface area (Å²) in [5.41, 5.74) is -0.228. The second-order valence-corrected chi connectivity index (χ2v) is 7.90. The number of hydrogen-bond donors (Lipinski definition) is 1. The normalized spacial score (nSPS) is 11.5. The van der Waals surface area contributed by atoms with E-state index in [-0.39, 0.29) is 23.2 Å². The molecule has 0 saturated carbocycles. The highest BCUT2D eigenvalue weighted by Crippen LogP contribution is 2.27. The highest BCUT2D eigenvalue weighted by molar-refractivity contribution is 6.31. The van der Waals surface area contributed by atoms with E-state index < -0.39 is 29.5 Å². The Kier molecular flexibility index (Phi) is 5.41. The van der Waals surface area contributed by atoms with Crippen LogP contribution in [-0.4, -0.2) is 21.1 Å². The minimum atomic E-state index is -0.698. The molecule has 9 heteroatoms. The zero-order chi connectivity index (χ0) is 22.3. The summed E-state index contributed by atoms with van der Waals surface area (Å²) in [7, 11) is 0. The van der Waals surface area contributed by atoms with Crippen molar-refractivity contribution in [3.8, 4) is 0 Å². The Bertz CT molecular complexity index is 1430. The Morgan fingerprint density at radius 1 is 1.16 bits per heavy atom. The van der Waals surface area contributed by atoms with E-state index in [0.29, 0.717) is 22.0 Å². The van der Waals surface area contributed by atoms with Gasteiger partial charge in [0.1, 0.15) is 23.5 Å². The van der Waals surface area contributed by atoms with Crippen molar-refractivity contribution in [3.05, 3.63) is 79.7 Å². The Morgan fingerprint density at radius 2 is 1.90 bits per heavy atom. The molecule has 2 heterocycles. The summed E-state index contributed by atoms with van der Waals surface area (Å²) in [5, 5.41) is 3.38. The number of nitrogens with one attached hydrogen (secondary N) is 1. The number of furan rings is 1. The van der Waals surface area contributed by atoms with Crippen LogP contribution in [0.25, 0.3) is 22.1 Å². The number of benzene rings is 2. The number of nitrogens with zero attached hydrogens (tertiary/aromatic N) is 2. The molecule has 0 aliphatic carbocycles. The highest BCUT2D eigenvalue weighted by Gasteiger charge is 2.22. The molecule has 2 aromatic carbocycles. The van der Waals surface area contributed by atoms with Crippen LogP contribution < -0.4 is 16.6 Å². The number of carbonyl (C=O) groups excluding carboxylic acids is 1. The molecule has 160 valence electrons. The van der Waals surface area contributed by atoms with E-state index in [1.165, 1.54) is 16.7 Å². The van der Waals surface area contributed by atoms with Crippen molar-refractivity contribution in [2.75, 3.05) is 0 Å². The summed E-state index contributed by atoms with van der Waals surface area (Å²) in [5.74, 6) is -0.980. The zero-order valence-corrected chi connectivity index (χ0v) is 17.6. The van der Waals surface area contributed by atoms with Crippen LogP contribution >= 0.6 is 11.6 Å². The number of rotatable bonds is 5. The monoisotopic (exact) mass is 443 g/mol. The van der Waals surface area contributed by atoms with Gasteiger partial charge in [-0.1, -0.05) is 29.8 Å². The molecule has 1 N–H and O–H groups in total. The van der Waals surface area contributed by atoms with E-state index in [1.807, 2.05) is 0 Å². The third-order valence-electron chi connectivity index (χ3n) is 4.84. The van der Waals surface area contributed by atoms with Crippen molar-refractivity contribution in [1.29, 1.82) is 0 Å². The quantitative estimate of drug-likeness (QED) is 0.513. The van der Waals surface area contributed by atoms with Gasteiger partial charge in [-0.15, -0.1) is 0 Å². The van der Waals surface area contributed by atoms with E-state index in [0.717, 1.165) is 10.6 Å². The van der Waals surface area contributed by atoms with Crippen LogP contribution in [0, 0.1) is 5.82 Å². The first-order valence-corrected chi connectivity index (χ1v) is 10.0. The van der Waals surface area contributed by atoms with E-state index >= 15 is 0 Å². The molecule has 0 aliphatic heterocycles. The van der Waals surface area contributed by atoms with Crippen LogP contribution in [0.4, 0.5) is 4.39 Å². The van der Waals surface area contributed by atoms with Crippen LogP contribution in [0.2, 0.25) is 5.02 Å². The minimum absolute atomic E-state index is 0.0376. The zero-order valence-electron chi connectivity index (χ0n) is 16.8. The maximum Gasteiger partial charge on any atom is 0.332 e. The van der Waals surface area contributed by atoms with Crippen LogP contribution in [-0.2, 0) is 17.9 Å². The van der Waals surface area contributed by atoms with Crippen molar-refractivity contribution < 1.29 is 13.6 Å². The first-order valence-electron chi connectivity index (χ1n) is 9.64. The average molecular weight is 444 g/mol. The molecule has 0 radical (unpaired) electrons. The first kappa shape index (κ1) is 20.9. The van der Waals surface area contributed by atoms with Gasteiger partial charge in [0.15, 0.2) is 0 Å². The number of aromatic nitrogens is 2. The predicted octanol–water partition coefficient (Wildman–Crippen LogP) is 3.27. The summed E-state index contributed by atoms with van der Waals surface area (Å²) in [6.07, 6.45) is 0. The van der Waals surface area contributed by atoms with Crippen molar-refractivity contribution in [1.82, 2.24) is 14.5 Å². The number of hydrogen-bond acceptors (Lipinski definition) is 4. The van der Waals surface area contributed by atoms with Gasteiger partial charge < -0.3 is 9.73 Å². The predicted molar refractivity (Wildman–Crippen MR) is 116 cm³/mol. The topological polar surface area (TPSA) is 86.2 Å². The molecule has 0 spiro atoms. The van der Waals surface area contributed by atoms with Gasteiger partial charge >= 0.3 is 5.69 Å². The van der Waals surface area contributed by atoms with Gasteiger partial charge in [0.05, 0.1) is 6.54 Å². The minimum Gasteiger partial charge on any atom is -0.449 e. The molecule has 0 unspecified atom stereocenters. The third-order valence-corrected chi connectivity index (χ3v) is 5.19. The Morgan fingerprint density at radius 3 is 2.61 bits per heavy atom. The van der Waals surface area contributed by atoms with E-state index in [2.05, 4.69) is 5.32 Å². The fourth-order valence-corrected chi connectivity index (χ4v) is 3.74. The lowest BCUT2D eigenvalue weighted by atomic mass is 10.2. The maximum atomic E-state index is 13.5. The molecule has 2 aromatic heterocycles. The van der Waals surface area contributed by atoms with Gasteiger partial charge in [-0.3, -0.25) is 14.2 Å². The lowest BCUT2D eigenvalue weighted by Crippen LogP contribution is -2.44. The van der Waals surface area contributed by atoms with Crippen LogP contribution in [0.3, 0.4) is 0 Å². The van der Waals surface area contributed by atoms with Gasteiger partial charge in [0.25, 0.3) is 5.56 Å². The average Bonchev–Trinajstić information content (AvgIpc) is 3.09. The molecule has 7 nitrogen and oxygen atoms in total. The number of carbonyl (C=O) groups is 1. The molecule has 0 bridgehead atoms. The number of amides is 1. The molecule has 1 amide bonds. The smallest absolute Gasteiger partial charge is 0.332 e. The van der Waals surface area contributed by atoms with Gasteiger partial charge in [-0.2, -0.15) is 0 Å². The largest absolute Gasteiger partial charge is 0.449 e. The van der Waals surface area contributed by atoms with Gasteiger partial charge in [0, 0.05) is 16.5 Å². The SMILES string of the molecule is CC(C)NC(=O)Cn1c(=O)c2oc3ccccc3c2n(Cc2ccc(F)cc2Cl)c1=O. The van der Waals surface area contributed by atoms with Gasteiger partial charge in [0.2, 0.25) is 11.5 Å². The summed E-state index contributed by atoms with van der Waals surface area (Å²) in [6.45, 7) is 3.06. The van der Waals surface area contributed by atoms with Crippen LogP contribution in [0.1, 0.15) is 19.4 Å². The second-order valence-electron chi connectivity index (χ2n) is 7.49. The summed E-state index contributed by atoms with van der Waals surface area (Å²) >= 11 is 6.18. The summed E-state index contributed by atoms with van der Waals surface area (Å²) in [4.78, 5) is 38.7. The molecule has 0 fully saturated rings. The van der Waals surface area contributed by atoms with Gasteiger partial charge in [-0.05, 0) is 43.7 Å². The number of halogens is 2. The molecule has 0 saturated heterocycles. The summed E-state index contributed by atoms with van der Waals surface area (Å²) < 4.78 is 21.4. The Hall–Kier alpha value is -3.39. The fraction of sp³-hybridized carbons (Fsp3) is 0.227. The van der Waals surface area contributed by atoms with E-state index in [9.17, 15) is 18.8 Å². The van der Waals surface area contributed by atoms with E-state index in [4.69, 9.17) is 16.0 Å². The van der Waals surface area contributed by atoms with Crippen molar-refractivity contribution in [2.45, 2.75) is 33.0 Å². The lowest BCUT2D eigenvalue weighted by Gasteiger charge is -2.14. The summed E-state index contributed by atoms with van der Waals surface area (Å²) in [6, 6.07) is 10.6. The standard InChI is InChI=1S/C22H19ClFN3O4/c1-12(2)25-18(28)11-27-21(29)20-19(15-5-3-4-6-17(15)31-20)26(22(27)30)10-13-7-8-14(24)9-16(13)23/h3-9,12H,10-11H2,1-2H3,(H,25,28). The van der Waals surface area contributed by atoms with Crippen molar-refractivity contribution in [2.24, 2.45) is 0 Å². The van der Waals surface area contributed by atoms with Crippen LogP contribution in [0.5, 0.6) is 0 Å². The second kappa shape index (κ2) is 8.03. The maximum absolute atomic E-state index is 13.5. The molecule has 31 heavy (non-hydrogen) atoms. The molecule has 0 aliphatic rings.